The van der Waals surface area contributed by atoms with Crippen LogP contribution in [-0.2, 0) is 4.79 Å². The van der Waals surface area contributed by atoms with Gasteiger partial charge in [0.25, 0.3) is 0 Å². The Labute approximate surface area is 221 Å². The molecule has 0 radical (unpaired) electrons. The number of hydrogen-bond acceptors (Lipinski definition) is 5. The molecule has 1 heterocycles. The molecule has 10 heteroatoms. The maximum absolute atomic E-state index is 14.3. The van der Waals surface area contributed by atoms with Crippen molar-refractivity contribution >= 4 is 11.6 Å². The molecule has 2 aromatic carbocycles. The summed E-state index contributed by atoms with van der Waals surface area (Å²) in [6.07, 6.45) is -4.61. The van der Waals surface area contributed by atoms with Gasteiger partial charge < -0.3 is 10.6 Å². The topological polar surface area (TPSA) is 76.6 Å². The number of piperazine rings is 1. The van der Waals surface area contributed by atoms with Crippen LogP contribution in [0.2, 0.25) is 0 Å². The summed E-state index contributed by atoms with van der Waals surface area (Å²) in [5, 5.41) is 9.28. The Bertz CT molecular complexity index is 1070. The minimum absolute atomic E-state index is 0.0609. The number of amides is 1. The van der Waals surface area contributed by atoms with Crippen molar-refractivity contribution in [1.29, 1.82) is 5.26 Å². The lowest BCUT2D eigenvalue weighted by molar-refractivity contribution is -0.192. The van der Waals surface area contributed by atoms with Crippen LogP contribution in [0, 0.1) is 17.2 Å². The predicted octanol–water partition coefficient (Wildman–Crippen LogP) is 4.77. The second-order valence-corrected chi connectivity index (χ2v) is 10.0. The normalized spacial score (nSPS) is 16.4. The molecule has 1 aliphatic heterocycles. The minimum Gasteiger partial charge on any atom is -0.369 e. The molecule has 3 rings (SSSR count). The molecule has 1 saturated heterocycles. The quantitative estimate of drug-likeness (QED) is 0.333. The van der Waals surface area contributed by atoms with Crippen molar-refractivity contribution in [3.05, 3.63) is 54.1 Å². The van der Waals surface area contributed by atoms with Gasteiger partial charge in [-0.3, -0.25) is 14.6 Å². The lowest BCUT2D eigenvalue weighted by Gasteiger charge is -2.37. The standard InChI is InChI=1S/C28H35F4N5O/c1-20(2)19-25(27(34)38)37(14-12-33)26(28(30,31)32)23-5-3-21(4-6-23)22-7-9-24(10-8-22)36-17-15-35(13-11-29)16-18-36/h3-10,20,25-26H,11,13-19H2,1-2H3,(H2,34,38)/t25-,26?/m0/s1. The van der Waals surface area contributed by atoms with E-state index in [1.807, 2.05) is 24.3 Å². The molecule has 38 heavy (non-hydrogen) atoms. The van der Waals surface area contributed by atoms with E-state index >= 15 is 0 Å². The number of alkyl halides is 4. The third kappa shape index (κ3) is 7.45. The van der Waals surface area contributed by atoms with E-state index in [0.717, 1.165) is 47.9 Å². The fourth-order valence-electron chi connectivity index (χ4n) is 4.96. The summed E-state index contributed by atoms with van der Waals surface area (Å²) in [7, 11) is 0. The first-order valence-electron chi connectivity index (χ1n) is 12.8. The minimum atomic E-state index is -4.72. The number of benzene rings is 2. The third-order valence-corrected chi connectivity index (χ3v) is 6.88. The highest BCUT2D eigenvalue weighted by Crippen LogP contribution is 2.40. The van der Waals surface area contributed by atoms with E-state index < -0.39 is 30.7 Å². The molecule has 0 spiro atoms. The number of nitrogens with zero attached hydrogens (tertiary/aromatic N) is 4. The molecule has 0 aliphatic carbocycles. The van der Waals surface area contributed by atoms with Gasteiger partial charge in [-0.2, -0.15) is 18.4 Å². The smallest absolute Gasteiger partial charge is 0.369 e. The first-order chi connectivity index (χ1) is 18.0. The number of nitriles is 1. The van der Waals surface area contributed by atoms with Gasteiger partial charge in [-0.25, -0.2) is 4.39 Å². The highest BCUT2D eigenvalue weighted by Gasteiger charge is 2.48. The zero-order chi connectivity index (χ0) is 27.9. The van der Waals surface area contributed by atoms with E-state index in [-0.39, 0.29) is 24.6 Å². The van der Waals surface area contributed by atoms with E-state index in [0.29, 0.717) is 6.54 Å². The van der Waals surface area contributed by atoms with E-state index in [4.69, 9.17) is 5.73 Å². The van der Waals surface area contributed by atoms with E-state index in [1.165, 1.54) is 12.1 Å². The van der Waals surface area contributed by atoms with Crippen molar-refractivity contribution in [2.75, 3.05) is 50.8 Å². The van der Waals surface area contributed by atoms with E-state index in [1.54, 1.807) is 32.0 Å². The van der Waals surface area contributed by atoms with Crippen LogP contribution in [0.1, 0.15) is 31.9 Å². The molecule has 2 aromatic rings. The number of carbonyl (C=O) groups is 1. The van der Waals surface area contributed by atoms with Crippen LogP contribution in [-0.4, -0.2) is 73.9 Å². The van der Waals surface area contributed by atoms with Gasteiger partial charge in [-0.15, -0.1) is 0 Å². The molecule has 2 atom stereocenters. The van der Waals surface area contributed by atoms with Crippen LogP contribution in [0.25, 0.3) is 11.1 Å². The van der Waals surface area contributed by atoms with E-state index in [9.17, 15) is 27.6 Å². The van der Waals surface area contributed by atoms with Gasteiger partial charge in [0.2, 0.25) is 5.91 Å². The molecule has 2 N–H and O–H groups in total. The van der Waals surface area contributed by atoms with Crippen molar-refractivity contribution in [1.82, 2.24) is 9.80 Å². The first-order valence-corrected chi connectivity index (χ1v) is 12.8. The van der Waals surface area contributed by atoms with Gasteiger partial charge >= 0.3 is 6.18 Å². The highest BCUT2D eigenvalue weighted by atomic mass is 19.4. The molecule has 1 aliphatic rings. The zero-order valence-electron chi connectivity index (χ0n) is 21.8. The predicted molar refractivity (Wildman–Crippen MR) is 140 cm³/mol. The first kappa shape index (κ1) is 29.4. The number of anilines is 1. The summed E-state index contributed by atoms with van der Waals surface area (Å²) in [6.45, 7) is 6.28. The molecule has 0 aromatic heterocycles. The third-order valence-electron chi connectivity index (χ3n) is 6.88. The Morgan fingerprint density at radius 2 is 1.58 bits per heavy atom. The maximum atomic E-state index is 14.3. The highest BCUT2D eigenvalue weighted by molar-refractivity contribution is 5.80. The summed E-state index contributed by atoms with van der Waals surface area (Å²) < 4.78 is 55.5. The number of rotatable bonds is 11. The largest absolute Gasteiger partial charge is 0.408 e. The average Bonchev–Trinajstić information content (AvgIpc) is 2.87. The fourth-order valence-corrected chi connectivity index (χ4v) is 4.96. The van der Waals surface area contributed by atoms with Crippen LogP contribution in [0.5, 0.6) is 0 Å². The summed E-state index contributed by atoms with van der Waals surface area (Å²) in [5.41, 5.74) is 8.06. The second kappa shape index (κ2) is 13.1. The molecule has 1 unspecified atom stereocenters. The van der Waals surface area contributed by atoms with Crippen molar-refractivity contribution in [3.63, 3.8) is 0 Å². The molecule has 1 fully saturated rings. The molecule has 0 bridgehead atoms. The van der Waals surface area contributed by atoms with Crippen LogP contribution in [0.15, 0.2) is 48.5 Å². The molecule has 6 nitrogen and oxygen atoms in total. The molecule has 1 amide bonds. The number of halogens is 4. The van der Waals surface area contributed by atoms with Gasteiger partial charge in [0.05, 0.1) is 18.7 Å². The van der Waals surface area contributed by atoms with Gasteiger partial charge in [0, 0.05) is 38.4 Å². The summed E-state index contributed by atoms with van der Waals surface area (Å²) >= 11 is 0. The maximum Gasteiger partial charge on any atom is 0.408 e. The Morgan fingerprint density at radius 1 is 1.03 bits per heavy atom. The van der Waals surface area contributed by atoms with Crippen molar-refractivity contribution in [3.8, 4) is 17.2 Å². The Balaban J connectivity index is 1.82. The Hall–Kier alpha value is -3.16. The summed E-state index contributed by atoms with van der Waals surface area (Å²) in [6, 6.07) is 12.2. The lowest BCUT2D eigenvalue weighted by atomic mass is 9.95. The number of hydrogen-bond donors (Lipinski definition) is 1. The summed E-state index contributed by atoms with van der Waals surface area (Å²) in [5.74, 6) is -0.976. The number of primary amides is 1. The molecule has 0 saturated carbocycles. The van der Waals surface area contributed by atoms with Gasteiger partial charge in [-0.1, -0.05) is 50.2 Å². The van der Waals surface area contributed by atoms with Crippen molar-refractivity contribution in [2.24, 2.45) is 11.7 Å². The van der Waals surface area contributed by atoms with Gasteiger partial charge in [-0.05, 0) is 41.2 Å². The fraction of sp³-hybridized carbons (Fsp3) is 0.500. The number of carbonyl (C=O) groups excluding carboxylic acids is 1. The Morgan fingerprint density at radius 3 is 2.03 bits per heavy atom. The molecule has 206 valence electrons. The molecular weight excluding hydrogens is 498 g/mol. The van der Waals surface area contributed by atoms with Crippen LogP contribution in [0.3, 0.4) is 0 Å². The van der Waals surface area contributed by atoms with Crippen LogP contribution < -0.4 is 10.6 Å². The van der Waals surface area contributed by atoms with E-state index in [2.05, 4.69) is 9.80 Å². The van der Waals surface area contributed by atoms with Crippen LogP contribution >= 0.6 is 0 Å². The SMILES string of the molecule is CC(C)C[C@@H](C(N)=O)N(CC#N)C(c1ccc(-c2ccc(N3CCN(CCF)CC3)cc2)cc1)C(F)(F)F. The molecular formula is C28H35F4N5O. The van der Waals surface area contributed by atoms with Crippen molar-refractivity contribution < 1.29 is 22.4 Å². The summed E-state index contributed by atoms with van der Waals surface area (Å²) in [4.78, 5) is 17.3. The average molecular weight is 534 g/mol. The van der Waals surface area contributed by atoms with Gasteiger partial charge in [0.1, 0.15) is 12.7 Å². The Kier molecular flexibility index (Phi) is 10.1. The van der Waals surface area contributed by atoms with Crippen LogP contribution in [0.4, 0.5) is 23.2 Å². The monoisotopic (exact) mass is 533 g/mol. The number of nitrogens with two attached hydrogens (primary N) is 1. The second-order valence-electron chi connectivity index (χ2n) is 10.0. The van der Waals surface area contributed by atoms with Gasteiger partial charge in [0.15, 0.2) is 0 Å². The van der Waals surface area contributed by atoms with Crippen molar-refractivity contribution in [2.45, 2.75) is 38.5 Å². The lowest BCUT2D eigenvalue weighted by Crippen LogP contribution is -2.51. The zero-order valence-corrected chi connectivity index (χ0v) is 21.8.